The van der Waals surface area contributed by atoms with Crippen molar-refractivity contribution in [1.82, 2.24) is 0 Å². The summed E-state index contributed by atoms with van der Waals surface area (Å²) in [6.07, 6.45) is 0.522. The summed E-state index contributed by atoms with van der Waals surface area (Å²) in [5.74, 6) is 0.0398. The Bertz CT molecular complexity index is 701. The molecule has 0 aliphatic carbocycles. The second kappa shape index (κ2) is 7.02. The Labute approximate surface area is 131 Å². The van der Waals surface area contributed by atoms with Crippen LogP contribution < -0.4 is 0 Å². The molecule has 0 bridgehead atoms. The number of halogens is 1. The quantitative estimate of drug-likeness (QED) is 0.502. The average Bonchev–Trinajstić information content (AvgIpc) is 2.50. The average molecular weight is 321 g/mol. The van der Waals surface area contributed by atoms with E-state index in [1.165, 1.54) is 36.5 Å². The predicted octanol–water partition coefficient (Wildman–Crippen LogP) is 3.11. The molecule has 0 heterocycles. The first-order valence-electron chi connectivity index (χ1n) is 6.38. The first-order chi connectivity index (χ1) is 10.5. The standard InChI is InChI=1S/C15H13ClN2O4/c16-12-3-6-14(19)11(7-12)8-17-9-15(20)10-1-4-13(5-2-10)18(21)22/h1-8,15,19-20H,9H2/t15-/m1/s1. The van der Waals surface area contributed by atoms with Crippen LogP contribution in [0.15, 0.2) is 47.5 Å². The molecule has 1 atom stereocenters. The van der Waals surface area contributed by atoms with Crippen LogP contribution in [0.2, 0.25) is 5.02 Å². The number of nitro benzene ring substituents is 1. The maximum absolute atomic E-state index is 10.6. The summed E-state index contributed by atoms with van der Waals surface area (Å²) < 4.78 is 0. The molecular formula is C15H13ClN2O4. The minimum atomic E-state index is -0.890. The van der Waals surface area contributed by atoms with Gasteiger partial charge in [-0.15, -0.1) is 0 Å². The monoisotopic (exact) mass is 320 g/mol. The van der Waals surface area contributed by atoms with Crippen LogP contribution in [-0.4, -0.2) is 27.9 Å². The molecule has 0 saturated carbocycles. The largest absolute Gasteiger partial charge is 0.507 e. The number of aliphatic hydroxyl groups excluding tert-OH is 1. The van der Waals surface area contributed by atoms with Gasteiger partial charge in [-0.1, -0.05) is 11.6 Å². The van der Waals surface area contributed by atoms with Gasteiger partial charge in [0.1, 0.15) is 5.75 Å². The summed E-state index contributed by atoms with van der Waals surface area (Å²) >= 11 is 5.82. The topological polar surface area (TPSA) is 96.0 Å². The van der Waals surface area contributed by atoms with Gasteiger partial charge >= 0.3 is 0 Å². The highest BCUT2D eigenvalue weighted by Crippen LogP contribution is 2.21. The molecule has 2 aromatic carbocycles. The lowest BCUT2D eigenvalue weighted by atomic mass is 10.1. The Balaban J connectivity index is 2.02. The van der Waals surface area contributed by atoms with E-state index in [-0.39, 0.29) is 18.0 Å². The van der Waals surface area contributed by atoms with Crippen LogP contribution in [0.4, 0.5) is 5.69 Å². The van der Waals surface area contributed by atoms with Crippen molar-refractivity contribution >= 4 is 23.5 Å². The van der Waals surface area contributed by atoms with Gasteiger partial charge in [0.05, 0.1) is 17.6 Å². The van der Waals surface area contributed by atoms with Gasteiger partial charge in [-0.3, -0.25) is 15.1 Å². The minimum Gasteiger partial charge on any atom is -0.507 e. The number of phenols is 1. The lowest BCUT2D eigenvalue weighted by molar-refractivity contribution is -0.384. The normalized spacial score (nSPS) is 12.5. The molecule has 2 rings (SSSR count). The molecule has 0 aliphatic heterocycles. The molecule has 0 spiro atoms. The number of nitro groups is 1. The van der Waals surface area contributed by atoms with Gasteiger partial charge in [-0.25, -0.2) is 0 Å². The molecule has 2 N–H and O–H groups in total. The Kier molecular flexibility index (Phi) is 5.08. The number of hydrogen-bond donors (Lipinski definition) is 2. The number of nitrogens with zero attached hydrogens (tertiary/aromatic N) is 2. The van der Waals surface area contributed by atoms with E-state index in [4.69, 9.17) is 11.6 Å². The fourth-order valence-corrected chi connectivity index (χ4v) is 1.98. The van der Waals surface area contributed by atoms with E-state index in [0.29, 0.717) is 16.1 Å². The third-order valence-electron chi connectivity index (χ3n) is 2.99. The molecule has 0 saturated heterocycles. The van der Waals surface area contributed by atoms with Gasteiger partial charge < -0.3 is 10.2 Å². The zero-order valence-corrected chi connectivity index (χ0v) is 12.1. The third-order valence-corrected chi connectivity index (χ3v) is 3.22. The highest BCUT2D eigenvalue weighted by atomic mass is 35.5. The van der Waals surface area contributed by atoms with E-state index in [0.717, 1.165) is 0 Å². The number of phenolic OH excluding ortho intramolecular Hbond substituents is 1. The molecule has 22 heavy (non-hydrogen) atoms. The number of aromatic hydroxyl groups is 1. The summed E-state index contributed by atoms with van der Waals surface area (Å²) in [5, 5.41) is 30.6. The van der Waals surface area contributed by atoms with Gasteiger partial charge in [0.15, 0.2) is 0 Å². The highest BCUT2D eigenvalue weighted by Gasteiger charge is 2.09. The fraction of sp³-hybridized carbons (Fsp3) is 0.133. The summed E-state index contributed by atoms with van der Waals surface area (Å²) in [5.41, 5.74) is 0.935. The van der Waals surface area contributed by atoms with Crippen molar-refractivity contribution in [2.24, 2.45) is 4.99 Å². The van der Waals surface area contributed by atoms with E-state index in [1.54, 1.807) is 12.1 Å². The molecule has 2 aromatic rings. The fourth-order valence-electron chi connectivity index (χ4n) is 1.80. The molecule has 0 amide bonds. The number of aliphatic imine (C=N–C) groups is 1. The molecule has 7 heteroatoms. The van der Waals surface area contributed by atoms with Crippen molar-refractivity contribution < 1.29 is 15.1 Å². The summed E-state index contributed by atoms with van der Waals surface area (Å²) in [6, 6.07) is 10.2. The molecule has 6 nitrogen and oxygen atoms in total. The second-order valence-corrected chi connectivity index (χ2v) is 5.00. The Morgan fingerprint density at radius 2 is 1.95 bits per heavy atom. The predicted molar refractivity (Wildman–Crippen MR) is 83.6 cm³/mol. The molecule has 0 radical (unpaired) electrons. The van der Waals surface area contributed by atoms with Crippen molar-refractivity contribution in [3.05, 3.63) is 68.7 Å². The molecule has 0 unspecified atom stereocenters. The maximum atomic E-state index is 10.6. The Hall–Kier alpha value is -2.44. The lowest BCUT2D eigenvalue weighted by Gasteiger charge is -2.07. The van der Waals surface area contributed by atoms with Gasteiger partial charge in [0.25, 0.3) is 5.69 Å². The Morgan fingerprint density at radius 3 is 2.59 bits per heavy atom. The molecule has 114 valence electrons. The van der Waals surface area contributed by atoms with Gasteiger partial charge in [0, 0.05) is 28.9 Å². The number of non-ortho nitro benzene ring substituents is 1. The summed E-state index contributed by atoms with van der Waals surface area (Å²) in [4.78, 5) is 14.1. The minimum absolute atomic E-state index is 0.0386. The van der Waals surface area contributed by atoms with Crippen molar-refractivity contribution in [3.8, 4) is 5.75 Å². The zero-order valence-electron chi connectivity index (χ0n) is 11.4. The number of hydrogen-bond acceptors (Lipinski definition) is 5. The van der Waals surface area contributed by atoms with Crippen molar-refractivity contribution in [1.29, 1.82) is 0 Å². The van der Waals surface area contributed by atoms with Crippen LogP contribution in [0.5, 0.6) is 5.75 Å². The van der Waals surface area contributed by atoms with Crippen LogP contribution in [0.25, 0.3) is 0 Å². The van der Waals surface area contributed by atoms with E-state index in [1.807, 2.05) is 0 Å². The van der Waals surface area contributed by atoms with Crippen molar-refractivity contribution in [3.63, 3.8) is 0 Å². The van der Waals surface area contributed by atoms with E-state index in [9.17, 15) is 20.3 Å². The van der Waals surface area contributed by atoms with Crippen molar-refractivity contribution in [2.45, 2.75) is 6.10 Å². The van der Waals surface area contributed by atoms with Crippen LogP contribution in [0.3, 0.4) is 0 Å². The number of benzene rings is 2. The van der Waals surface area contributed by atoms with Crippen LogP contribution in [-0.2, 0) is 0 Å². The lowest BCUT2D eigenvalue weighted by Crippen LogP contribution is -2.02. The highest BCUT2D eigenvalue weighted by molar-refractivity contribution is 6.30. The molecule has 0 fully saturated rings. The maximum Gasteiger partial charge on any atom is 0.269 e. The van der Waals surface area contributed by atoms with E-state index < -0.39 is 11.0 Å². The van der Waals surface area contributed by atoms with Gasteiger partial charge in [0.2, 0.25) is 0 Å². The molecule has 0 aromatic heterocycles. The summed E-state index contributed by atoms with van der Waals surface area (Å²) in [7, 11) is 0. The number of aliphatic hydroxyl groups is 1. The van der Waals surface area contributed by atoms with Gasteiger partial charge in [-0.05, 0) is 35.9 Å². The van der Waals surface area contributed by atoms with Crippen LogP contribution in [0.1, 0.15) is 17.2 Å². The van der Waals surface area contributed by atoms with Crippen LogP contribution >= 0.6 is 11.6 Å². The first-order valence-corrected chi connectivity index (χ1v) is 6.76. The van der Waals surface area contributed by atoms with Gasteiger partial charge in [-0.2, -0.15) is 0 Å². The Morgan fingerprint density at radius 1 is 1.27 bits per heavy atom. The molecular weight excluding hydrogens is 308 g/mol. The zero-order chi connectivity index (χ0) is 16.1. The third kappa shape index (κ3) is 4.03. The van der Waals surface area contributed by atoms with Crippen molar-refractivity contribution in [2.75, 3.05) is 6.54 Å². The smallest absolute Gasteiger partial charge is 0.269 e. The second-order valence-electron chi connectivity index (χ2n) is 4.56. The SMILES string of the molecule is O=[N+]([O-])c1ccc([C@H](O)CN=Cc2cc(Cl)ccc2O)cc1. The molecule has 0 aliphatic rings. The van der Waals surface area contributed by atoms with E-state index >= 15 is 0 Å². The van der Waals surface area contributed by atoms with E-state index in [2.05, 4.69) is 4.99 Å². The summed E-state index contributed by atoms with van der Waals surface area (Å²) in [6.45, 7) is 0.0593. The van der Waals surface area contributed by atoms with Crippen LogP contribution in [0, 0.1) is 10.1 Å². The number of rotatable bonds is 5. The first kappa shape index (κ1) is 15.9.